The van der Waals surface area contributed by atoms with Crippen molar-refractivity contribution in [1.82, 2.24) is 15.0 Å². The first kappa shape index (κ1) is 18.3. The minimum atomic E-state index is -4.33. The number of amides is 1. The first-order valence-electron chi connectivity index (χ1n) is 8.26. The summed E-state index contributed by atoms with van der Waals surface area (Å²) in [6.07, 6.45) is -4.96. The van der Waals surface area contributed by atoms with Gasteiger partial charge in [-0.25, -0.2) is 4.39 Å². The number of hydrogen-bond donors (Lipinski definition) is 0. The largest absolute Gasteiger partial charge is 0.389 e. The number of likely N-dealkylation sites (tertiary alicyclic amines) is 1. The number of carbonyl (C=O) groups excluding carboxylic acids is 1. The van der Waals surface area contributed by atoms with Gasteiger partial charge in [0.1, 0.15) is 5.82 Å². The molecule has 1 aromatic heterocycles. The molecule has 0 spiro atoms. The monoisotopic (exact) mass is 371 g/mol. The van der Waals surface area contributed by atoms with E-state index in [2.05, 4.69) is 10.1 Å². The number of benzene rings is 1. The number of rotatable bonds is 4. The molecule has 26 heavy (non-hydrogen) atoms. The van der Waals surface area contributed by atoms with Gasteiger partial charge < -0.3 is 9.42 Å². The number of carbonyl (C=O) groups is 1. The highest BCUT2D eigenvalue weighted by Gasteiger charge is 2.31. The molecule has 1 aliphatic heterocycles. The van der Waals surface area contributed by atoms with Crippen molar-refractivity contribution < 1.29 is 26.9 Å². The number of alkyl halides is 3. The highest BCUT2D eigenvalue weighted by Crippen LogP contribution is 2.30. The summed E-state index contributed by atoms with van der Waals surface area (Å²) in [5, 5.41) is 3.80. The van der Waals surface area contributed by atoms with Crippen molar-refractivity contribution in [3.63, 3.8) is 0 Å². The van der Waals surface area contributed by atoms with Crippen molar-refractivity contribution >= 4 is 5.91 Å². The molecule has 9 heteroatoms. The molecule has 0 aliphatic carbocycles. The summed E-state index contributed by atoms with van der Waals surface area (Å²) >= 11 is 0. The second kappa shape index (κ2) is 7.43. The van der Waals surface area contributed by atoms with Crippen LogP contribution >= 0.6 is 0 Å². The van der Waals surface area contributed by atoms with E-state index in [1.165, 1.54) is 11.0 Å². The zero-order chi connectivity index (χ0) is 18.7. The molecule has 2 heterocycles. The van der Waals surface area contributed by atoms with Crippen molar-refractivity contribution in [2.75, 3.05) is 13.1 Å². The van der Waals surface area contributed by atoms with Crippen molar-refractivity contribution in [1.29, 1.82) is 0 Å². The Labute approximate surface area is 147 Å². The highest BCUT2D eigenvalue weighted by atomic mass is 19.4. The smallest absolute Gasteiger partial charge is 0.343 e. The molecule has 0 atom stereocenters. The van der Waals surface area contributed by atoms with Crippen LogP contribution in [0.2, 0.25) is 0 Å². The second-order valence-corrected chi connectivity index (χ2v) is 6.21. The lowest BCUT2D eigenvalue weighted by molar-refractivity contribution is -0.149. The van der Waals surface area contributed by atoms with E-state index in [4.69, 9.17) is 4.52 Å². The Hall–Kier alpha value is -2.45. The first-order chi connectivity index (χ1) is 12.3. The lowest BCUT2D eigenvalue weighted by Crippen LogP contribution is -2.38. The topological polar surface area (TPSA) is 59.2 Å². The van der Waals surface area contributed by atoms with Crippen LogP contribution in [0.1, 0.15) is 37.5 Å². The maximum atomic E-state index is 13.8. The molecule has 0 radical (unpaired) electrons. The van der Waals surface area contributed by atoms with Crippen molar-refractivity contribution in [3.05, 3.63) is 36.0 Å². The molecule has 0 unspecified atom stereocenters. The van der Waals surface area contributed by atoms with E-state index in [-0.39, 0.29) is 17.3 Å². The van der Waals surface area contributed by atoms with Crippen molar-refractivity contribution in [2.24, 2.45) is 0 Å². The van der Waals surface area contributed by atoms with E-state index in [0.717, 1.165) is 0 Å². The molecule has 0 N–H and O–H groups in total. The second-order valence-electron chi connectivity index (χ2n) is 6.21. The Morgan fingerprint density at radius 3 is 2.58 bits per heavy atom. The summed E-state index contributed by atoms with van der Waals surface area (Å²) in [6, 6.07) is 6.08. The molecular formula is C17H17F4N3O2. The van der Waals surface area contributed by atoms with Crippen LogP contribution in [-0.4, -0.2) is 40.2 Å². The fraction of sp³-hybridized carbons (Fsp3) is 0.471. The predicted molar refractivity (Wildman–Crippen MR) is 83.5 cm³/mol. The van der Waals surface area contributed by atoms with E-state index >= 15 is 0 Å². The Kier molecular flexibility index (Phi) is 5.24. The van der Waals surface area contributed by atoms with E-state index in [0.29, 0.717) is 31.8 Å². The fourth-order valence-electron chi connectivity index (χ4n) is 2.94. The summed E-state index contributed by atoms with van der Waals surface area (Å²) in [5.74, 6) is -0.551. The van der Waals surface area contributed by atoms with Gasteiger partial charge in [0.2, 0.25) is 17.6 Å². The lowest BCUT2D eigenvalue weighted by Gasteiger charge is -2.30. The third-order valence-electron chi connectivity index (χ3n) is 4.38. The maximum absolute atomic E-state index is 13.8. The Morgan fingerprint density at radius 2 is 1.92 bits per heavy atom. The maximum Gasteiger partial charge on any atom is 0.389 e. The summed E-state index contributed by atoms with van der Waals surface area (Å²) < 4.78 is 55.6. The van der Waals surface area contributed by atoms with Crippen LogP contribution in [0.3, 0.4) is 0 Å². The van der Waals surface area contributed by atoms with Crippen molar-refractivity contribution in [2.45, 2.75) is 37.8 Å². The van der Waals surface area contributed by atoms with Crippen LogP contribution in [0, 0.1) is 5.82 Å². The molecule has 1 fully saturated rings. The molecule has 3 rings (SSSR count). The van der Waals surface area contributed by atoms with Gasteiger partial charge >= 0.3 is 6.18 Å². The molecule has 1 aromatic carbocycles. The van der Waals surface area contributed by atoms with Gasteiger partial charge in [-0.2, -0.15) is 18.2 Å². The SMILES string of the molecule is O=C(CCC(F)(F)F)N1CCC(c2nc(-c3ccccc3F)no2)CC1. The highest BCUT2D eigenvalue weighted by molar-refractivity contribution is 5.76. The minimum Gasteiger partial charge on any atom is -0.343 e. The number of aromatic nitrogens is 2. The van der Waals surface area contributed by atoms with E-state index in [9.17, 15) is 22.4 Å². The van der Waals surface area contributed by atoms with Gasteiger partial charge in [-0.1, -0.05) is 17.3 Å². The quantitative estimate of drug-likeness (QED) is 0.765. The van der Waals surface area contributed by atoms with Gasteiger partial charge in [0.25, 0.3) is 0 Å². The van der Waals surface area contributed by atoms with Gasteiger partial charge in [0, 0.05) is 25.4 Å². The summed E-state index contributed by atoms with van der Waals surface area (Å²) in [4.78, 5) is 17.5. The number of halogens is 4. The molecule has 1 aliphatic rings. The Bertz CT molecular complexity index is 767. The average Bonchev–Trinajstić information content (AvgIpc) is 3.09. The van der Waals surface area contributed by atoms with Crippen LogP contribution in [0.25, 0.3) is 11.4 Å². The predicted octanol–water partition coefficient (Wildman–Crippen LogP) is 3.92. The third kappa shape index (κ3) is 4.39. The summed E-state index contributed by atoms with van der Waals surface area (Å²) in [5.41, 5.74) is 0.238. The van der Waals surface area contributed by atoms with Gasteiger partial charge in [0.05, 0.1) is 12.0 Å². The fourth-order valence-corrected chi connectivity index (χ4v) is 2.94. The molecule has 0 bridgehead atoms. The van der Waals surface area contributed by atoms with Gasteiger partial charge in [-0.3, -0.25) is 4.79 Å². The van der Waals surface area contributed by atoms with Crippen LogP contribution in [0.5, 0.6) is 0 Å². The normalized spacial score (nSPS) is 16.1. The average molecular weight is 371 g/mol. The summed E-state index contributed by atoms with van der Waals surface area (Å²) in [7, 11) is 0. The zero-order valence-corrected chi connectivity index (χ0v) is 13.8. The van der Waals surface area contributed by atoms with Crippen LogP contribution in [0.15, 0.2) is 28.8 Å². The Balaban J connectivity index is 1.57. The van der Waals surface area contributed by atoms with E-state index < -0.39 is 30.7 Å². The first-order valence-corrected chi connectivity index (χ1v) is 8.26. The molecule has 5 nitrogen and oxygen atoms in total. The number of piperidine rings is 1. The molecule has 1 amide bonds. The van der Waals surface area contributed by atoms with Crippen molar-refractivity contribution in [3.8, 4) is 11.4 Å². The van der Waals surface area contributed by atoms with Crippen LogP contribution < -0.4 is 0 Å². The zero-order valence-electron chi connectivity index (χ0n) is 13.8. The minimum absolute atomic E-state index is 0.102. The third-order valence-corrected chi connectivity index (χ3v) is 4.38. The Morgan fingerprint density at radius 1 is 1.23 bits per heavy atom. The van der Waals surface area contributed by atoms with Crippen LogP contribution in [-0.2, 0) is 4.79 Å². The van der Waals surface area contributed by atoms with E-state index in [1.807, 2.05) is 0 Å². The number of hydrogen-bond acceptors (Lipinski definition) is 4. The lowest BCUT2D eigenvalue weighted by atomic mass is 9.96. The standard InChI is InChI=1S/C17H17F4N3O2/c18-13-4-2-1-3-12(13)15-22-16(26-23-15)11-6-9-24(10-7-11)14(25)5-8-17(19,20)21/h1-4,11H,5-10H2. The molecular weight excluding hydrogens is 354 g/mol. The van der Waals surface area contributed by atoms with E-state index in [1.54, 1.807) is 18.2 Å². The van der Waals surface area contributed by atoms with Crippen LogP contribution in [0.4, 0.5) is 17.6 Å². The van der Waals surface area contributed by atoms with Gasteiger partial charge in [-0.15, -0.1) is 0 Å². The number of nitrogens with zero attached hydrogens (tertiary/aromatic N) is 3. The van der Waals surface area contributed by atoms with Gasteiger partial charge in [-0.05, 0) is 25.0 Å². The molecule has 1 saturated heterocycles. The summed E-state index contributed by atoms with van der Waals surface area (Å²) in [6.45, 7) is 0.664. The van der Waals surface area contributed by atoms with Gasteiger partial charge in [0.15, 0.2) is 0 Å². The molecule has 0 saturated carbocycles. The molecule has 140 valence electrons. The molecule has 2 aromatic rings.